The van der Waals surface area contributed by atoms with Crippen LogP contribution in [0.4, 0.5) is 17.1 Å². The van der Waals surface area contributed by atoms with E-state index in [-0.39, 0.29) is 11.2 Å². The number of thiocarbonyl (C=S) groups is 1. The highest BCUT2D eigenvalue weighted by molar-refractivity contribution is 7.80. The number of carbonyl (C=O) groups is 1. The third-order valence-corrected chi connectivity index (χ3v) is 6.54. The van der Waals surface area contributed by atoms with Crippen molar-refractivity contribution in [2.75, 3.05) is 15.5 Å². The molecular formula is C26H24ClN3O2S. The Morgan fingerprint density at radius 1 is 1.15 bits per heavy atom. The van der Waals surface area contributed by atoms with E-state index >= 15 is 0 Å². The third-order valence-electron chi connectivity index (χ3n) is 6.01. The summed E-state index contributed by atoms with van der Waals surface area (Å²) >= 11 is 12.1. The molecule has 0 saturated heterocycles. The number of hydrogen-bond acceptors (Lipinski definition) is 4. The first-order valence-corrected chi connectivity index (χ1v) is 11.6. The average molecular weight is 478 g/mol. The molecular weight excluding hydrogens is 454 g/mol. The number of anilines is 3. The number of Topliss-reactive ketones (excluding diaryl/α,β-unsaturated/α-hetero) is 1. The standard InChI is InChI=1S/C26H24ClN3O2S/c1-26(2)14-19-23(21(31)15-26)24(22-11-6-12-32-22)30(20-10-4-3-9-18(20)29-19)25(33)28-17-8-5-7-16(27)13-17/h3-13,24,29H,14-15H2,1-2H3,(H,28,33)/t24-/m0/s1. The lowest BCUT2D eigenvalue weighted by Gasteiger charge is -2.37. The van der Waals surface area contributed by atoms with Crippen LogP contribution in [0.3, 0.4) is 0 Å². The van der Waals surface area contributed by atoms with Gasteiger partial charge in [-0.3, -0.25) is 4.79 Å². The van der Waals surface area contributed by atoms with Gasteiger partial charge in [-0.2, -0.15) is 0 Å². The Bertz CT molecular complexity index is 1270. The van der Waals surface area contributed by atoms with Crippen molar-refractivity contribution >= 4 is 51.8 Å². The van der Waals surface area contributed by atoms with E-state index in [1.807, 2.05) is 65.6 Å². The van der Waals surface area contributed by atoms with Crippen LogP contribution in [0.15, 0.2) is 82.6 Å². The Morgan fingerprint density at radius 2 is 1.97 bits per heavy atom. The van der Waals surface area contributed by atoms with Crippen LogP contribution in [0.5, 0.6) is 0 Å². The van der Waals surface area contributed by atoms with E-state index in [1.54, 1.807) is 6.26 Å². The first-order chi connectivity index (χ1) is 15.8. The van der Waals surface area contributed by atoms with E-state index in [9.17, 15) is 4.79 Å². The van der Waals surface area contributed by atoms with Crippen LogP contribution >= 0.6 is 23.8 Å². The smallest absolute Gasteiger partial charge is 0.178 e. The minimum Gasteiger partial charge on any atom is -0.467 e. The summed E-state index contributed by atoms with van der Waals surface area (Å²) in [6, 6.07) is 18.6. The molecule has 1 aliphatic carbocycles. The molecule has 2 N–H and O–H groups in total. The Morgan fingerprint density at radius 3 is 2.73 bits per heavy atom. The van der Waals surface area contributed by atoms with Gasteiger partial charge in [0.2, 0.25) is 0 Å². The lowest BCUT2D eigenvalue weighted by Crippen LogP contribution is -2.41. The van der Waals surface area contributed by atoms with E-state index in [2.05, 4.69) is 24.5 Å². The second-order valence-electron chi connectivity index (χ2n) is 9.20. The molecule has 5 nitrogen and oxygen atoms in total. The Kier molecular flexibility index (Phi) is 5.51. The molecule has 2 heterocycles. The summed E-state index contributed by atoms with van der Waals surface area (Å²) in [5.41, 5.74) is 3.98. The van der Waals surface area contributed by atoms with E-state index in [0.717, 1.165) is 29.2 Å². The zero-order valence-electron chi connectivity index (χ0n) is 18.4. The van der Waals surface area contributed by atoms with Gasteiger partial charge in [0.1, 0.15) is 11.8 Å². The van der Waals surface area contributed by atoms with Crippen LogP contribution < -0.4 is 15.5 Å². The number of ketones is 1. The summed E-state index contributed by atoms with van der Waals surface area (Å²) in [6.45, 7) is 4.25. The summed E-state index contributed by atoms with van der Waals surface area (Å²) in [4.78, 5) is 15.5. The molecule has 168 valence electrons. The molecule has 2 aromatic carbocycles. The predicted molar refractivity (Wildman–Crippen MR) is 137 cm³/mol. The molecule has 7 heteroatoms. The van der Waals surface area contributed by atoms with Crippen molar-refractivity contribution < 1.29 is 9.21 Å². The topological polar surface area (TPSA) is 57.5 Å². The van der Waals surface area contributed by atoms with Crippen LogP contribution in [0.1, 0.15) is 38.5 Å². The quantitative estimate of drug-likeness (QED) is 0.389. The zero-order chi connectivity index (χ0) is 23.2. The molecule has 1 aliphatic heterocycles. The molecule has 0 unspecified atom stereocenters. The number of carbonyl (C=O) groups excluding carboxylic acids is 1. The van der Waals surface area contributed by atoms with Crippen LogP contribution in [0.25, 0.3) is 0 Å². The number of benzene rings is 2. The maximum Gasteiger partial charge on any atom is 0.178 e. The SMILES string of the molecule is CC1(C)CC(=O)C2=C(C1)Nc1ccccc1N(C(=S)Nc1cccc(Cl)c1)[C@H]2c1ccco1. The fourth-order valence-electron chi connectivity index (χ4n) is 4.68. The lowest BCUT2D eigenvalue weighted by molar-refractivity contribution is -0.118. The molecule has 5 rings (SSSR count). The van der Waals surface area contributed by atoms with Gasteiger partial charge in [-0.15, -0.1) is 0 Å². The van der Waals surface area contributed by atoms with Gasteiger partial charge >= 0.3 is 0 Å². The maximum absolute atomic E-state index is 13.6. The monoisotopic (exact) mass is 477 g/mol. The number of rotatable bonds is 2. The van der Waals surface area contributed by atoms with Crippen molar-refractivity contribution in [3.8, 4) is 0 Å². The average Bonchev–Trinajstić information content (AvgIpc) is 3.22. The van der Waals surface area contributed by atoms with Gasteiger partial charge in [0.05, 0.1) is 17.6 Å². The minimum atomic E-state index is -0.506. The highest BCUT2D eigenvalue weighted by Gasteiger charge is 2.43. The van der Waals surface area contributed by atoms with Crippen molar-refractivity contribution in [1.29, 1.82) is 0 Å². The van der Waals surface area contributed by atoms with Crippen LogP contribution in [0.2, 0.25) is 5.02 Å². The summed E-state index contributed by atoms with van der Waals surface area (Å²) in [5, 5.41) is 7.93. The highest BCUT2D eigenvalue weighted by Crippen LogP contribution is 2.48. The molecule has 33 heavy (non-hydrogen) atoms. The number of hydrogen-bond donors (Lipinski definition) is 2. The molecule has 0 spiro atoms. The van der Waals surface area contributed by atoms with Crippen LogP contribution in [-0.2, 0) is 4.79 Å². The van der Waals surface area contributed by atoms with E-state index in [1.165, 1.54) is 0 Å². The van der Waals surface area contributed by atoms with Gasteiger partial charge in [0, 0.05) is 28.4 Å². The molecule has 3 aromatic rings. The molecule has 0 bridgehead atoms. The zero-order valence-corrected chi connectivity index (χ0v) is 20.0. The van der Waals surface area contributed by atoms with Gasteiger partial charge in [-0.05, 0) is 66.5 Å². The number of para-hydroxylation sites is 2. The second-order valence-corrected chi connectivity index (χ2v) is 10.0. The van der Waals surface area contributed by atoms with Crippen molar-refractivity contribution in [1.82, 2.24) is 0 Å². The molecule has 0 saturated carbocycles. The summed E-state index contributed by atoms with van der Waals surface area (Å²) in [5.74, 6) is 0.753. The van der Waals surface area contributed by atoms with Crippen molar-refractivity contribution in [3.05, 3.63) is 89.0 Å². The first kappa shape index (κ1) is 21.7. The molecule has 0 radical (unpaired) electrons. The van der Waals surface area contributed by atoms with Crippen LogP contribution in [0, 0.1) is 5.41 Å². The van der Waals surface area contributed by atoms with Gasteiger partial charge < -0.3 is 20.0 Å². The summed E-state index contributed by atoms with van der Waals surface area (Å²) in [7, 11) is 0. The number of furan rings is 1. The largest absolute Gasteiger partial charge is 0.467 e. The van der Waals surface area contributed by atoms with E-state index < -0.39 is 6.04 Å². The Hall–Kier alpha value is -3.09. The number of fused-ring (bicyclic) bond motifs is 1. The number of halogens is 1. The van der Waals surface area contributed by atoms with Gasteiger partial charge in [-0.1, -0.05) is 43.6 Å². The molecule has 0 fully saturated rings. The van der Waals surface area contributed by atoms with Gasteiger partial charge in [0.15, 0.2) is 10.9 Å². The molecule has 1 aromatic heterocycles. The van der Waals surface area contributed by atoms with Crippen LogP contribution in [-0.4, -0.2) is 10.9 Å². The summed E-state index contributed by atoms with van der Waals surface area (Å²) in [6.07, 6.45) is 2.84. The first-order valence-electron chi connectivity index (χ1n) is 10.8. The van der Waals surface area contributed by atoms with Gasteiger partial charge in [-0.25, -0.2) is 0 Å². The summed E-state index contributed by atoms with van der Waals surface area (Å²) < 4.78 is 5.88. The third kappa shape index (κ3) is 4.16. The van der Waals surface area contributed by atoms with Crippen molar-refractivity contribution in [2.45, 2.75) is 32.7 Å². The van der Waals surface area contributed by atoms with E-state index in [0.29, 0.717) is 27.9 Å². The normalized spacial score (nSPS) is 19.3. The Balaban J connectivity index is 1.69. The number of nitrogens with zero attached hydrogens (tertiary/aromatic N) is 1. The molecule has 2 aliphatic rings. The van der Waals surface area contributed by atoms with Gasteiger partial charge in [0.25, 0.3) is 0 Å². The predicted octanol–water partition coefficient (Wildman–Crippen LogP) is 6.95. The number of nitrogens with one attached hydrogen (secondary N) is 2. The minimum absolute atomic E-state index is 0.0958. The van der Waals surface area contributed by atoms with Crippen molar-refractivity contribution in [2.24, 2.45) is 5.41 Å². The van der Waals surface area contributed by atoms with Crippen molar-refractivity contribution in [3.63, 3.8) is 0 Å². The Labute approximate surface area is 203 Å². The lowest BCUT2D eigenvalue weighted by atomic mass is 9.74. The fourth-order valence-corrected chi connectivity index (χ4v) is 5.19. The number of allylic oxidation sites excluding steroid dienone is 1. The fraction of sp³-hybridized carbons (Fsp3) is 0.231. The second kappa shape index (κ2) is 8.36. The highest BCUT2D eigenvalue weighted by atomic mass is 35.5. The molecule has 0 amide bonds. The molecule has 1 atom stereocenters. The van der Waals surface area contributed by atoms with E-state index in [4.69, 9.17) is 28.2 Å². The maximum atomic E-state index is 13.6.